The van der Waals surface area contributed by atoms with Crippen molar-refractivity contribution in [3.63, 3.8) is 0 Å². The minimum absolute atomic E-state index is 0.0594. The lowest BCUT2D eigenvalue weighted by molar-refractivity contribution is -0.118. The van der Waals surface area contributed by atoms with Gasteiger partial charge in [0.2, 0.25) is 0 Å². The molecule has 1 aliphatic carbocycles. The van der Waals surface area contributed by atoms with Gasteiger partial charge in [0.25, 0.3) is 5.91 Å². The summed E-state index contributed by atoms with van der Waals surface area (Å²) in [5.74, 6) is 1.83. The predicted octanol–water partition coefficient (Wildman–Crippen LogP) is 4.77. The minimum Gasteiger partial charge on any atom is -0.483 e. The molecule has 0 atom stereocenters. The van der Waals surface area contributed by atoms with Crippen LogP contribution in [0.25, 0.3) is 0 Å². The molecule has 2 aromatic carbocycles. The van der Waals surface area contributed by atoms with Gasteiger partial charge in [-0.25, -0.2) is 0 Å². The third kappa shape index (κ3) is 4.31. The van der Waals surface area contributed by atoms with Gasteiger partial charge in [0.15, 0.2) is 12.4 Å². The Labute approximate surface area is 164 Å². The van der Waals surface area contributed by atoms with Gasteiger partial charge < -0.3 is 14.8 Å². The average Bonchev–Trinajstić information content (AvgIpc) is 2.74. The fraction of sp³-hybridized carbons (Fsp3) is 0.217. The Morgan fingerprint density at radius 3 is 2.61 bits per heavy atom. The van der Waals surface area contributed by atoms with E-state index in [1.54, 1.807) is 6.20 Å². The summed E-state index contributed by atoms with van der Waals surface area (Å²) in [4.78, 5) is 16.9. The maximum atomic E-state index is 12.5. The van der Waals surface area contributed by atoms with Crippen LogP contribution in [0.5, 0.6) is 17.2 Å². The predicted molar refractivity (Wildman–Crippen MR) is 108 cm³/mol. The fourth-order valence-corrected chi connectivity index (χ4v) is 3.33. The molecule has 0 saturated heterocycles. The fourth-order valence-electron chi connectivity index (χ4n) is 3.33. The number of carbonyl (C=O) groups is 1. The van der Waals surface area contributed by atoms with Crippen molar-refractivity contribution >= 4 is 11.6 Å². The number of nitrogens with one attached hydrogen (secondary N) is 1. The molecule has 0 radical (unpaired) electrons. The second-order valence-corrected chi connectivity index (χ2v) is 6.69. The summed E-state index contributed by atoms with van der Waals surface area (Å²) in [6.07, 6.45) is 5.96. The first-order valence-electron chi connectivity index (χ1n) is 9.51. The maximum absolute atomic E-state index is 12.5. The Balaban J connectivity index is 1.41. The monoisotopic (exact) mass is 374 g/mol. The van der Waals surface area contributed by atoms with Gasteiger partial charge in [-0.05, 0) is 56.0 Å². The van der Waals surface area contributed by atoms with E-state index in [4.69, 9.17) is 9.47 Å². The number of ether oxygens (including phenoxy) is 2. The smallest absolute Gasteiger partial charge is 0.262 e. The topological polar surface area (TPSA) is 60.5 Å². The van der Waals surface area contributed by atoms with Crippen molar-refractivity contribution in [2.24, 2.45) is 0 Å². The Morgan fingerprint density at radius 1 is 0.929 bits per heavy atom. The number of para-hydroxylation sites is 3. The van der Waals surface area contributed by atoms with Crippen LogP contribution in [0, 0.1) is 0 Å². The number of pyridine rings is 1. The van der Waals surface area contributed by atoms with Crippen molar-refractivity contribution in [2.45, 2.75) is 25.7 Å². The molecule has 0 spiro atoms. The standard InChI is InChI=1S/C23H22N2O3/c26-23(16-27-21-14-15-24-19-11-5-4-10-18(19)21)25-20-12-6-7-13-22(20)28-17-8-2-1-3-9-17/h1-3,6-9,12-15H,4-5,10-11,16H2,(H,25,26). The highest BCUT2D eigenvalue weighted by molar-refractivity contribution is 5.93. The largest absolute Gasteiger partial charge is 0.483 e. The Bertz CT molecular complexity index is 957. The highest BCUT2D eigenvalue weighted by atomic mass is 16.5. The molecule has 1 aliphatic rings. The molecule has 1 aromatic heterocycles. The molecule has 0 saturated carbocycles. The number of anilines is 1. The van der Waals surface area contributed by atoms with Crippen LogP contribution in [0.1, 0.15) is 24.1 Å². The number of nitrogens with zero attached hydrogens (tertiary/aromatic N) is 1. The second kappa shape index (κ2) is 8.57. The number of aromatic nitrogens is 1. The molecule has 1 N–H and O–H groups in total. The lowest BCUT2D eigenvalue weighted by Gasteiger charge is -2.18. The van der Waals surface area contributed by atoms with Gasteiger partial charge >= 0.3 is 0 Å². The number of aryl methyl sites for hydroxylation is 1. The molecule has 4 rings (SSSR count). The van der Waals surface area contributed by atoms with Gasteiger partial charge in [0.05, 0.1) is 5.69 Å². The summed E-state index contributed by atoms with van der Waals surface area (Å²) in [5, 5.41) is 2.88. The Morgan fingerprint density at radius 2 is 1.71 bits per heavy atom. The van der Waals surface area contributed by atoms with E-state index in [0.717, 1.165) is 42.7 Å². The van der Waals surface area contributed by atoms with Crippen LogP contribution in [0.2, 0.25) is 0 Å². The number of fused-ring (bicyclic) bond motifs is 1. The van der Waals surface area contributed by atoms with Crippen LogP contribution < -0.4 is 14.8 Å². The van der Waals surface area contributed by atoms with Gasteiger partial charge in [0, 0.05) is 17.5 Å². The van der Waals surface area contributed by atoms with Crippen LogP contribution in [0.15, 0.2) is 66.9 Å². The van der Waals surface area contributed by atoms with E-state index in [-0.39, 0.29) is 12.5 Å². The summed E-state index contributed by atoms with van der Waals surface area (Å²) in [5.41, 5.74) is 2.83. The normalized spacial score (nSPS) is 12.7. The van der Waals surface area contributed by atoms with Crippen LogP contribution in [-0.4, -0.2) is 17.5 Å². The number of hydrogen-bond acceptors (Lipinski definition) is 4. The summed E-state index contributed by atoms with van der Waals surface area (Å²) in [6, 6.07) is 18.7. The average molecular weight is 374 g/mol. The van der Waals surface area contributed by atoms with E-state index < -0.39 is 0 Å². The zero-order valence-corrected chi connectivity index (χ0v) is 15.6. The molecule has 0 unspecified atom stereocenters. The summed E-state index contributed by atoms with van der Waals surface area (Å²) in [6.45, 7) is -0.0594. The molecule has 0 fully saturated rings. The summed E-state index contributed by atoms with van der Waals surface area (Å²) in [7, 11) is 0. The highest BCUT2D eigenvalue weighted by Crippen LogP contribution is 2.30. The summed E-state index contributed by atoms with van der Waals surface area (Å²) < 4.78 is 11.7. The third-order valence-corrected chi connectivity index (χ3v) is 4.68. The molecule has 5 heteroatoms. The lowest BCUT2D eigenvalue weighted by Crippen LogP contribution is -2.21. The molecule has 1 amide bonds. The first kappa shape index (κ1) is 18.0. The molecule has 28 heavy (non-hydrogen) atoms. The SMILES string of the molecule is O=C(COc1ccnc2c1CCCC2)Nc1ccccc1Oc1ccccc1. The van der Waals surface area contributed by atoms with Crippen LogP contribution in [0.4, 0.5) is 5.69 Å². The molecule has 0 bridgehead atoms. The summed E-state index contributed by atoms with van der Waals surface area (Å²) >= 11 is 0. The second-order valence-electron chi connectivity index (χ2n) is 6.69. The zero-order chi connectivity index (χ0) is 19.2. The quantitative estimate of drug-likeness (QED) is 0.675. The number of amides is 1. The van der Waals surface area contributed by atoms with E-state index in [2.05, 4.69) is 10.3 Å². The van der Waals surface area contributed by atoms with Crippen molar-refractivity contribution in [1.29, 1.82) is 0 Å². The van der Waals surface area contributed by atoms with Crippen molar-refractivity contribution in [3.8, 4) is 17.2 Å². The molecule has 0 aliphatic heterocycles. The lowest BCUT2D eigenvalue weighted by atomic mass is 9.95. The van der Waals surface area contributed by atoms with E-state index in [1.807, 2.05) is 60.7 Å². The van der Waals surface area contributed by atoms with Gasteiger partial charge in [-0.1, -0.05) is 30.3 Å². The molecular formula is C23H22N2O3. The highest BCUT2D eigenvalue weighted by Gasteiger charge is 2.16. The number of hydrogen-bond donors (Lipinski definition) is 1. The zero-order valence-electron chi connectivity index (χ0n) is 15.6. The van der Waals surface area contributed by atoms with E-state index in [1.165, 1.54) is 0 Å². The van der Waals surface area contributed by atoms with E-state index in [0.29, 0.717) is 17.2 Å². The van der Waals surface area contributed by atoms with Crippen molar-refractivity contribution < 1.29 is 14.3 Å². The molecule has 3 aromatic rings. The Kier molecular flexibility index (Phi) is 5.52. The van der Waals surface area contributed by atoms with Crippen molar-refractivity contribution in [2.75, 3.05) is 11.9 Å². The first-order chi connectivity index (χ1) is 13.8. The number of carbonyl (C=O) groups excluding carboxylic acids is 1. The van der Waals surface area contributed by atoms with Gasteiger partial charge in [-0.3, -0.25) is 9.78 Å². The first-order valence-corrected chi connectivity index (χ1v) is 9.51. The van der Waals surface area contributed by atoms with Crippen LogP contribution >= 0.6 is 0 Å². The minimum atomic E-state index is -0.231. The van der Waals surface area contributed by atoms with Crippen molar-refractivity contribution in [3.05, 3.63) is 78.1 Å². The molecule has 5 nitrogen and oxygen atoms in total. The van der Waals surface area contributed by atoms with E-state index in [9.17, 15) is 4.79 Å². The molecule has 142 valence electrons. The van der Waals surface area contributed by atoms with E-state index >= 15 is 0 Å². The van der Waals surface area contributed by atoms with Gasteiger partial charge in [0.1, 0.15) is 11.5 Å². The maximum Gasteiger partial charge on any atom is 0.262 e. The molecular weight excluding hydrogens is 352 g/mol. The van der Waals surface area contributed by atoms with Crippen LogP contribution in [0.3, 0.4) is 0 Å². The molecule has 1 heterocycles. The van der Waals surface area contributed by atoms with Gasteiger partial charge in [-0.15, -0.1) is 0 Å². The Hall–Kier alpha value is -3.34. The van der Waals surface area contributed by atoms with Crippen molar-refractivity contribution in [1.82, 2.24) is 4.98 Å². The van der Waals surface area contributed by atoms with Crippen LogP contribution in [-0.2, 0) is 17.6 Å². The number of rotatable bonds is 6. The third-order valence-electron chi connectivity index (χ3n) is 4.68. The van der Waals surface area contributed by atoms with Gasteiger partial charge in [-0.2, -0.15) is 0 Å². The number of benzene rings is 2.